The van der Waals surface area contributed by atoms with Gasteiger partial charge in [-0.25, -0.2) is 4.79 Å². The van der Waals surface area contributed by atoms with E-state index < -0.39 is 11.0 Å². The number of nitrogens with zero attached hydrogens (tertiary/aromatic N) is 2. The van der Waals surface area contributed by atoms with Gasteiger partial charge < -0.3 is 10.1 Å². The number of hydrogen-bond donors (Lipinski definition) is 1. The smallest absolute Gasteiger partial charge is 0.411 e. The molecule has 1 amide bonds. The number of carbonyl (C=O) groups excluding carboxylic acids is 1. The molecule has 0 aromatic heterocycles. The van der Waals surface area contributed by atoms with Crippen molar-refractivity contribution < 1.29 is 14.5 Å². The first-order chi connectivity index (χ1) is 11.1. The third-order valence-corrected chi connectivity index (χ3v) is 3.76. The third-order valence-electron chi connectivity index (χ3n) is 3.76. The van der Waals surface area contributed by atoms with E-state index in [1.165, 1.54) is 12.1 Å². The van der Waals surface area contributed by atoms with Gasteiger partial charge >= 0.3 is 6.09 Å². The van der Waals surface area contributed by atoms with Crippen molar-refractivity contribution in [3.05, 3.63) is 39.9 Å². The summed E-state index contributed by atoms with van der Waals surface area (Å²) in [7, 11) is 0. The van der Waals surface area contributed by atoms with E-state index in [2.05, 4.69) is 11.2 Å². The lowest BCUT2D eigenvalue weighted by molar-refractivity contribution is -0.384. The van der Waals surface area contributed by atoms with Gasteiger partial charge in [0.05, 0.1) is 11.5 Å². The topological polar surface area (TPSA) is 84.7 Å². The molecular weight excluding hydrogens is 334 g/mol. The van der Waals surface area contributed by atoms with Crippen molar-refractivity contribution in [2.75, 3.05) is 19.6 Å². The number of hydrogen-bond acceptors (Lipinski definition) is 5. The summed E-state index contributed by atoms with van der Waals surface area (Å²) in [5.74, 6) is 2.49. The Labute approximate surface area is 146 Å². The van der Waals surface area contributed by atoms with Crippen LogP contribution in [0.15, 0.2) is 24.3 Å². The van der Waals surface area contributed by atoms with Crippen LogP contribution in [-0.4, -0.2) is 41.6 Å². The standard InChI is InChI=1S/C16H19N3O4.ClH/c1-2-11-18(14-7-9-17-10-8-14)16(20)23-12-13-3-5-15(6-4-13)19(21)22;/h1,3-6,14,17H,7-12H2;1H. The van der Waals surface area contributed by atoms with Gasteiger partial charge in [-0.1, -0.05) is 5.92 Å². The van der Waals surface area contributed by atoms with E-state index in [4.69, 9.17) is 11.2 Å². The summed E-state index contributed by atoms with van der Waals surface area (Å²) < 4.78 is 5.30. The van der Waals surface area contributed by atoms with Crippen molar-refractivity contribution in [2.45, 2.75) is 25.5 Å². The highest BCUT2D eigenvalue weighted by molar-refractivity contribution is 5.85. The van der Waals surface area contributed by atoms with Gasteiger partial charge in [-0.2, -0.15) is 0 Å². The second-order valence-corrected chi connectivity index (χ2v) is 5.29. The fraction of sp³-hybridized carbons (Fsp3) is 0.438. The summed E-state index contributed by atoms with van der Waals surface area (Å²) >= 11 is 0. The van der Waals surface area contributed by atoms with Crippen LogP contribution in [-0.2, 0) is 11.3 Å². The molecular formula is C16H20ClN3O4. The Hall–Kier alpha value is -2.30. The highest BCUT2D eigenvalue weighted by Gasteiger charge is 2.25. The number of halogens is 1. The number of ether oxygens (including phenoxy) is 1. The fourth-order valence-corrected chi connectivity index (χ4v) is 2.50. The second-order valence-electron chi connectivity index (χ2n) is 5.29. The summed E-state index contributed by atoms with van der Waals surface area (Å²) in [6.45, 7) is 1.97. The zero-order chi connectivity index (χ0) is 16.7. The fourth-order valence-electron chi connectivity index (χ4n) is 2.50. The van der Waals surface area contributed by atoms with Crippen molar-refractivity contribution >= 4 is 24.2 Å². The Morgan fingerprint density at radius 3 is 2.54 bits per heavy atom. The normalized spacial score (nSPS) is 14.1. The first-order valence-electron chi connectivity index (χ1n) is 7.42. The van der Waals surface area contributed by atoms with Crippen LogP contribution >= 0.6 is 12.4 Å². The number of nitro groups is 1. The van der Waals surface area contributed by atoms with Crippen LogP contribution in [0.4, 0.5) is 10.5 Å². The molecule has 1 saturated heterocycles. The van der Waals surface area contributed by atoms with Gasteiger partial charge in [0.25, 0.3) is 5.69 Å². The molecule has 0 atom stereocenters. The van der Waals surface area contributed by atoms with Gasteiger partial charge in [0.15, 0.2) is 0 Å². The Bertz CT molecular complexity index is 594. The number of nitro benzene ring substituents is 1. The van der Waals surface area contributed by atoms with Gasteiger partial charge in [-0.05, 0) is 43.6 Å². The third kappa shape index (κ3) is 5.41. The maximum atomic E-state index is 12.3. The summed E-state index contributed by atoms with van der Waals surface area (Å²) in [5, 5.41) is 13.8. The second kappa shape index (κ2) is 9.75. The molecule has 0 bridgehead atoms. The molecule has 130 valence electrons. The van der Waals surface area contributed by atoms with Crippen molar-refractivity contribution in [2.24, 2.45) is 0 Å². The van der Waals surface area contributed by atoms with Crippen LogP contribution in [0.3, 0.4) is 0 Å². The molecule has 24 heavy (non-hydrogen) atoms. The molecule has 1 aliphatic rings. The van der Waals surface area contributed by atoms with E-state index in [9.17, 15) is 14.9 Å². The minimum Gasteiger partial charge on any atom is -0.445 e. The van der Waals surface area contributed by atoms with Crippen LogP contribution in [0.25, 0.3) is 0 Å². The van der Waals surface area contributed by atoms with Gasteiger partial charge in [0.1, 0.15) is 6.61 Å². The molecule has 2 rings (SSSR count). The van der Waals surface area contributed by atoms with E-state index in [1.54, 1.807) is 17.0 Å². The van der Waals surface area contributed by atoms with Crippen molar-refractivity contribution in [1.82, 2.24) is 10.2 Å². The number of carbonyl (C=O) groups is 1. The molecule has 0 spiro atoms. The molecule has 0 saturated carbocycles. The zero-order valence-corrected chi connectivity index (χ0v) is 14.0. The predicted molar refractivity (Wildman–Crippen MR) is 92.0 cm³/mol. The van der Waals surface area contributed by atoms with E-state index in [1.807, 2.05) is 0 Å². The largest absolute Gasteiger partial charge is 0.445 e. The molecule has 0 radical (unpaired) electrons. The molecule has 7 nitrogen and oxygen atoms in total. The average molecular weight is 354 g/mol. The number of piperidine rings is 1. The van der Waals surface area contributed by atoms with Gasteiger partial charge in [-0.15, -0.1) is 18.8 Å². The highest BCUT2D eigenvalue weighted by Crippen LogP contribution is 2.15. The van der Waals surface area contributed by atoms with Crippen molar-refractivity contribution in [3.8, 4) is 12.3 Å². The monoisotopic (exact) mass is 353 g/mol. The maximum Gasteiger partial charge on any atom is 0.411 e. The molecule has 1 heterocycles. The molecule has 1 fully saturated rings. The maximum absolute atomic E-state index is 12.3. The van der Waals surface area contributed by atoms with Gasteiger partial charge in [0.2, 0.25) is 0 Å². The molecule has 1 aliphatic heterocycles. The Kier molecular flexibility index (Phi) is 8.02. The van der Waals surface area contributed by atoms with E-state index in [-0.39, 0.29) is 37.3 Å². The van der Waals surface area contributed by atoms with Crippen LogP contribution < -0.4 is 5.32 Å². The lowest BCUT2D eigenvalue weighted by Crippen LogP contribution is -2.46. The lowest BCUT2D eigenvalue weighted by Gasteiger charge is -2.32. The highest BCUT2D eigenvalue weighted by atomic mass is 35.5. The first kappa shape index (κ1) is 19.7. The number of nitrogens with one attached hydrogen (secondary N) is 1. The summed E-state index contributed by atoms with van der Waals surface area (Å²) in [6, 6.07) is 5.99. The Balaban J connectivity index is 0.00000288. The Morgan fingerprint density at radius 1 is 1.38 bits per heavy atom. The quantitative estimate of drug-likeness (QED) is 0.499. The predicted octanol–water partition coefficient (Wildman–Crippen LogP) is 2.34. The SMILES string of the molecule is C#CCN(C(=O)OCc1ccc([N+](=O)[O-])cc1)C1CCNCC1.Cl. The minimum absolute atomic E-state index is 0. The summed E-state index contributed by atoms with van der Waals surface area (Å²) in [4.78, 5) is 24.0. The van der Waals surface area contributed by atoms with Crippen LogP contribution in [0.5, 0.6) is 0 Å². The van der Waals surface area contributed by atoms with Crippen LogP contribution in [0, 0.1) is 22.5 Å². The molecule has 8 heteroatoms. The van der Waals surface area contributed by atoms with Gasteiger partial charge in [0, 0.05) is 18.2 Å². The summed E-state index contributed by atoms with van der Waals surface area (Å²) in [6.07, 6.45) is 6.58. The minimum atomic E-state index is -0.471. The van der Waals surface area contributed by atoms with Gasteiger partial charge in [-0.3, -0.25) is 15.0 Å². The molecule has 1 aromatic carbocycles. The lowest BCUT2D eigenvalue weighted by atomic mass is 10.1. The zero-order valence-electron chi connectivity index (χ0n) is 13.1. The molecule has 0 aliphatic carbocycles. The Morgan fingerprint density at radius 2 is 2.00 bits per heavy atom. The van der Waals surface area contributed by atoms with E-state index >= 15 is 0 Å². The average Bonchev–Trinajstić information content (AvgIpc) is 2.58. The number of amides is 1. The number of terminal acetylenes is 1. The van der Waals surface area contributed by atoms with Crippen LogP contribution in [0.1, 0.15) is 18.4 Å². The molecule has 0 unspecified atom stereocenters. The van der Waals surface area contributed by atoms with Crippen LogP contribution in [0.2, 0.25) is 0 Å². The molecule has 1 N–H and O–H groups in total. The van der Waals surface area contributed by atoms with Crippen molar-refractivity contribution in [3.63, 3.8) is 0 Å². The first-order valence-corrected chi connectivity index (χ1v) is 7.42. The van der Waals surface area contributed by atoms with E-state index in [0.29, 0.717) is 5.56 Å². The summed E-state index contributed by atoms with van der Waals surface area (Å²) in [5.41, 5.74) is 0.693. The van der Waals surface area contributed by atoms with E-state index in [0.717, 1.165) is 25.9 Å². The number of rotatable bonds is 5. The van der Waals surface area contributed by atoms with Crippen molar-refractivity contribution in [1.29, 1.82) is 0 Å². The number of benzene rings is 1. The number of non-ortho nitro benzene ring substituents is 1. The molecule has 1 aromatic rings.